The molecule has 1 N–H and O–H groups in total. The molecule has 1 aliphatic rings. The molecular formula is C16H17NO4. The highest BCUT2D eigenvalue weighted by Gasteiger charge is 2.19. The standard InChI is InChI=1S/C16H17NO4/c1-2-17-15(18)9-20-10-6-7-12-11-4-3-5-13(11)16(19)21-14(12)8-10/h6-8H,2-5,9H2,1H3,(H,17,18). The summed E-state index contributed by atoms with van der Waals surface area (Å²) in [6.07, 6.45) is 2.70. The first-order chi connectivity index (χ1) is 10.2. The first-order valence-electron chi connectivity index (χ1n) is 7.17. The van der Waals surface area contributed by atoms with E-state index in [0.717, 1.165) is 35.8 Å². The van der Waals surface area contributed by atoms with Gasteiger partial charge in [0.25, 0.3) is 5.91 Å². The van der Waals surface area contributed by atoms with Crippen LogP contribution in [0.1, 0.15) is 24.5 Å². The zero-order valence-electron chi connectivity index (χ0n) is 11.9. The third kappa shape index (κ3) is 2.63. The molecule has 0 aliphatic heterocycles. The van der Waals surface area contributed by atoms with Gasteiger partial charge in [-0.1, -0.05) is 0 Å². The second-order valence-corrected chi connectivity index (χ2v) is 5.10. The number of rotatable bonds is 4. The summed E-state index contributed by atoms with van der Waals surface area (Å²) in [6, 6.07) is 5.38. The number of amides is 1. The SMILES string of the molecule is CCNC(=O)COc1ccc2c3c(c(=O)oc2c1)CCC3. The average Bonchev–Trinajstić information content (AvgIpc) is 2.95. The number of fused-ring (bicyclic) bond motifs is 3. The van der Waals surface area contributed by atoms with Crippen LogP contribution in [-0.2, 0) is 17.6 Å². The Bertz CT molecular complexity index is 748. The first kappa shape index (κ1) is 13.7. The Balaban J connectivity index is 1.89. The first-order valence-corrected chi connectivity index (χ1v) is 7.17. The van der Waals surface area contributed by atoms with Crippen LogP contribution < -0.4 is 15.7 Å². The molecule has 110 valence electrons. The number of benzene rings is 1. The van der Waals surface area contributed by atoms with Crippen LogP contribution in [0.5, 0.6) is 5.75 Å². The van der Waals surface area contributed by atoms with Crippen molar-refractivity contribution in [2.75, 3.05) is 13.2 Å². The lowest BCUT2D eigenvalue weighted by molar-refractivity contribution is -0.122. The molecule has 5 nitrogen and oxygen atoms in total. The Morgan fingerprint density at radius 2 is 2.14 bits per heavy atom. The number of nitrogens with one attached hydrogen (secondary N) is 1. The van der Waals surface area contributed by atoms with E-state index in [2.05, 4.69) is 5.32 Å². The van der Waals surface area contributed by atoms with Gasteiger partial charge in [-0.05, 0) is 43.9 Å². The van der Waals surface area contributed by atoms with Crippen LogP contribution in [0.2, 0.25) is 0 Å². The van der Waals surface area contributed by atoms with E-state index in [1.54, 1.807) is 12.1 Å². The molecule has 1 amide bonds. The highest BCUT2D eigenvalue weighted by molar-refractivity contribution is 5.83. The Hall–Kier alpha value is -2.30. The number of likely N-dealkylation sites (N-methyl/N-ethyl adjacent to an activating group) is 1. The summed E-state index contributed by atoms with van der Waals surface area (Å²) >= 11 is 0. The van der Waals surface area contributed by atoms with Crippen LogP contribution in [0, 0.1) is 0 Å². The number of ether oxygens (including phenoxy) is 1. The summed E-state index contributed by atoms with van der Waals surface area (Å²) in [4.78, 5) is 23.3. The number of hydrogen-bond donors (Lipinski definition) is 1. The molecular weight excluding hydrogens is 270 g/mol. The molecule has 1 heterocycles. The highest BCUT2D eigenvalue weighted by atomic mass is 16.5. The van der Waals surface area contributed by atoms with Gasteiger partial charge in [-0.25, -0.2) is 4.79 Å². The highest BCUT2D eigenvalue weighted by Crippen LogP contribution is 2.29. The van der Waals surface area contributed by atoms with Crippen molar-refractivity contribution >= 4 is 16.9 Å². The van der Waals surface area contributed by atoms with Crippen LogP contribution in [0.3, 0.4) is 0 Å². The quantitative estimate of drug-likeness (QED) is 0.871. The largest absolute Gasteiger partial charge is 0.484 e. The third-order valence-electron chi connectivity index (χ3n) is 3.69. The van der Waals surface area contributed by atoms with E-state index in [0.29, 0.717) is 17.9 Å². The van der Waals surface area contributed by atoms with Crippen molar-refractivity contribution in [2.45, 2.75) is 26.2 Å². The van der Waals surface area contributed by atoms with E-state index in [1.165, 1.54) is 0 Å². The second kappa shape index (κ2) is 5.60. The van der Waals surface area contributed by atoms with E-state index in [-0.39, 0.29) is 18.1 Å². The topological polar surface area (TPSA) is 68.5 Å². The van der Waals surface area contributed by atoms with Crippen LogP contribution in [-0.4, -0.2) is 19.1 Å². The normalized spacial score (nSPS) is 13.2. The molecule has 1 aliphatic carbocycles. The number of aryl methyl sites for hydroxylation is 1. The fourth-order valence-corrected chi connectivity index (χ4v) is 2.75. The summed E-state index contributed by atoms with van der Waals surface area (Å²) in [5.74, 6) is 0.350. The lowest BCUT2D eigenvalue weighted by Crippen LogP contribution is -2.28. The third-order valence-corrected chi connectivity index (χ3v) is 3.69. The van der Waals surface area contributed by atoms with Gasteiger partial charge in [-0.2, -0.15) is 0 Å². The molecule has 0 radical (unpaired) electrons. The zero-order chi connectivity index (χ0) is 14.8. The van der Waals surface area contributed by atoms with E-state index < -0.39 is 0 Å². The summed E-state index contributed by atoms with van der Waals surface area (Å²) in [6.45, 7) is 2.37. The maximum atomic E-state index is 11.9. The molecule has 0 spiro atoms. The van der Waals surface area contributed by atoms with Gasteiger partial charge < -0.3 is 14.5 Å². The molecule has 2 aromatic rings. The van der Waals surface area contributed by atoms with Crippen molar-refractivity contribution in [1.29, 1.82) is 0 Å². The van der Waals surface area contributed by atoms with Gasteiger partial charge in [0.05, 0.1) is 0 Å². The van der Waals surface area contributed by atoms with E-state index in [1.807, 2.05) is 13.0 Å². The molecule has 3 rings (SSSR count). The maximum absolute atomic E-state index is 11.9. The van der Waals surface area contributed by atoms with Gasteiger partial charge in [-0.15, -0.1) is 0 Å². The van der Waals surface area contributed by atoms with Crippen LogP contribution in [0.4, 0.5) is 0 Å². The summed E-state index contributed by atoms with van der Waals surface area (Å²) in [7, 11) is 0. The molecule has 0 atom stereocenters. The Morgan fingerprint density at radius 1 is 1.33 bits per heavy atom. The second-order valence-electron chi connectivity index (χ2n) is 5.10. The Morgan fingerprint density at radius 3 is 2.95 bits per heavy atom. The predicted molar refractivity (Wildman–Crippen MR) is 78.7 cm³/mol. The predicted octanol–water partition coefficient (Wildman–Crippen LogP) is 1.80. The fourth-order valence-electron chi connectivity index (χ4n) is 2.75. The Labute approximate surface area is 121 Å². The minimum absolute atomic E-state index is 0.0471. The molecule has 1 aromatic heterocycles. The number of hydrogen-bond acceptors (Lipinski definition) is 4. The van der Waals surface area contributed by atoms with E-state index in [9.17, 15) is 9.59 Å². The van der Waals surface area contributed by atoms with Gasteiger partial charge in [0.15, 0.2) is 6.61 Å². The minimum Gasteiger partial charge on any atom is -0.484 e. The van der Waals surface area contributed by atoms with Crippen LogP contribution >= 0.6 is 0 Å². The fraction of sp³-hybridized carbons (Fsp3) is 0.375. The summed E-state index contributed by atoms with van der Waals surface area (Å²) in [5, 5.41) is 3.62. The maximum Gasteiger partial charge on any atom is 0.339 e. The monoisotopic (exact) mass is 287 g/mol. The van der Waals surface area contributed by atoms with Crippen molar-refractivity contribution in [1.82, 2.24) is 5.32 Å². The van der Waals surface area contributed by atoms with Crippen molar-refractivity contribution in [2.24, 2.45) is 0 Å². The zero-order valence-corrected chi connectivity index (χ0v) is 11.9. The molecule has 1 aromatic carbocycles. The average molecular weight is 287 g/mol. The summed E-state index contributed by atoms with van der Waals surface area (Å²) < 4.78 is 10.8. The lowest BCUT2D eigenvalue weighted by atomic mass is 10.1. The van der Waals surface area contributed by atoms with Gasteiger partial charge >= 0.3 is 5.63 Å². The van der Waals surface area contributed by atoms with Gasteiger partial charge in [0.1, 0.15) is 11.3 Å². The van der Waals surface area contributed by atoms with Crippen LogP contribution in [0.15, 0.2) is 27.4 Å². The van der Waals surface area contributed by atoms with Crippen molar-refractivity contribution in [3.8, 4) is 5.75 Å². The number of carbonyl (C=O) groups excluding carboxylic acids is 1. The molecule has 5 heteroatoms. The van der Waals surface area contributed by atoms with Gasteiger partial charge in [0.2, 0.25) is 0 Å². The van der Waals surface area contributed by atoms with Gasteiger partial charge in [-0.3, -0.25) is 4.79 Å². The van der Waals surface area contributed by atoms with Crippen molar-refractivity contribution < 1.29 is 13.9 Å². The molecule has 0 saturated heterocycles. The van der Waals surface area contributed by atoms with Crippen LogP contribution in [0.25, 0.3) is 11.0 Å². The molecule has 0 saturated carbocycles. The van der Waals surface area contributed by atoms with Crippen molar-refractivity contribution in [3.63, 3.8) is 0 Å². The van der Waals surface area contributed by atoms with Gasteiger partial charge in [0, 0.05) is 23.6 Å². The molecule has 21 heavy (non-hydrogen) atoms. The lowest BCUT2D eigenvalue weighted by Gasteiger charge is -2.08. The summed E-state index contributed by atoms with van der Waals surface area (Å²) in [5.41, 5.74) is 2.17. The number of carbonyl (C=O) groups is 1. The minimum atomic E-state index is -0.254. The van der Waals surface area contributed by atoms with Crippen molar-refractivity contribution in [3.05, 3.63) is 39.7 Å². The Kier molecular flexibility index (Phi) is 3.64. The smallest absolute Gasteiger partial charge is 0.339 e. The molecule has 0 bridgehead atoms. The molecule has 0 unspecified atom stereocenters. The van der Waals surface area contributed by atoms with E-state index >= 15 is 0 Å². The molecule has 0 fully saturated rings. The van der Waals surface area contributed by atoms with E-state index in [4.69, 9.17) is 9.15 Å².